The molecule has 2 aliphatic heterocycles. The summed E-state index contributed by atoms with van der Waals surface area (Å²) in [6, 6.07) is 8.97. The Hall–Kier alpha value is -1.10. The maximum atomic E-state index is 5.46. The van der Waals surface area contributed by atoms with E-state index in [2.05, 4.69) is 34.9 Å². The third kappa shape index (κ3) is 4.46. The lowest BCUT2D eigenvalue weighted by atomic mass is 9.94. The summed E-state index contributed by atoms with van der Waals surface area (Å²) in [5.74, 6) is 1.74. The van der Waals surface area contributed by atoms with Gasteiger partial charge in [-0.05, 0) is 49.9 Å². The van der Waals surface area contributed by atoms with Gasteiger partial charge in [0.25, 0.3) is 0 Å². The van der Waals surface area contributed by atoms with Gasteiger partial charge in [-0.3, -0.25) is 9.80 Å². The number of hydrogen-bond acceptors (Lipinski definition) is 4. The average molecular weight is 318 g/mol. The van der Waals surface area contributed by atoms with Gasteiger partial charge in [-0.1, -0.05) is 12.1 Å². The van der Waals surface area contributed by atoms with Crippen molar-refractivity contribution in [3.05, 3.63) is 29.8 Å². The Labute approximate surface area is 140 Å². The zero-order valence-corrected chi connectivity index (χ0v) is 14.5. The van der Waals surface area contributed by atoms with Gasteiger partial charge < -0.3 is 9.47 Å². The largest absolute Gasteiger partial charge is 0.497 e. The first-order valence-corrected chi connectivity index (χ1v) is 8.94. The predicted molar refractivity (Wildman–Crippen MR) is 93.0 cm³/mol. The molecule has 4 nitrogen and oxygen atoms in total. The van der Waals surface area contributed by atoms with Gasteiger partial charge in [-0.15, -0.1) is 0 Å². The van der Waals surface area contributed by atoms with Gasteiger partial charge in [0, 0.05) is 32.2 Å². The minimum absolute atomic E-state index is 0.456. The highest BCUT2D eigenvalue weighted by molar-refractivity contribution is 5.30. The van der Waals surface area contributed by atoms with Crippen LogP contribution in [0.3, 0.4) is 0 Å². The number of methoxy groups -OCH3 is 1. The molecular formula is C19H30N2O2. The average Bonchev–Trinajstić information content (AvgIpc) is 2.62. The molecule has 2 atom stereocenters. The van der Waals surface area contributed by atoms with E-state index in [1.165, 1.54) is 38.0 Å². The summed E-state index contributed by atoms with van der Waals surface area (Å²) in [5.41, 5.74) is 1.36. The van der Waals surface area contributed by atoms with Crippen LogP contribution in [-0.2, 0) is 4.74 Å². The van der Waals surface area contributed by atoms with Crippen LogP contribution >= 0.6 is 0 Å². The second-order valence-corrected chi connectivity index (χ2v) is 6.87. The molecule has 2 fully saturated rings. The van der Waals surface area contributed by atoms with E-state index in [0.29, 0.717) is 6.04 Å². The van der Waals surface area contributed by atoms with Crippen molar-refractivity contribution in [2.45, 2.75) is 25.8 Å². The highest BCUT2D eigenvalue weighted by Gasteiger charge is 2.26. The fraction of sp³-hybridized carbons (Fsp3) is 0.684. The number of likely N-dealkylation sites (tertiary alicyclic amines) is 1. The van der Waals surface area contributed by atoms with Crippen LogP contribution in [0.5, 0.6) is 5.75 Å². The molecule has 0 bridgehead atoms. The third-order valence-corrected chi connectivity index (χ3v) is 5.29. The summed E-state index contributed by atoms with van der Waals surface area (Å²) in [5, 5.41) is 0. The van der Waals surface area contributed by atoms with Crippen molar-refractivity contribution in [2.24, 2.45) is 5.92 Å². The monoisotopic (exact) mass is 318 g/mol. The van der Waals surface area contributed by atoms with Gasteiger partial charge in [0.05, 0.1) is 20.3 Å². The molecule has 0 saturated carbocycles. The van der Waals surface area contributed by atoms with E-state index < -0.39 is 0 Å². The van der Waals surface area contributed by atoms with Gasteiger partial charge in [-0.2, -0.15) is 0 Å². The van der Waals surface area contributed by atoms with Crippen molar-refractivity contribution in [3.63, 3.8) is 0 Å². The van der Waals surface area contributed by atoms with E-state index in [9.17, 15) is 0 Å². The Kier molecular flexibility index (Phi) is 5.92. The van der Waals surface area contributed by atoms with Crippen molar-refractivity contribution in [1.29, 1.82) is 0 Å². The lowest BCUT2D eigenvalue weighted by molar-refractivity contribution is 0.0200. The van der Waals surface area contributed by atoms with E-state index in [1.807, 2.05) is 6.07 Å². The topological polar surface area (TPSA) is 24.9 Å². The number of benzene rings is 1. The summed E-state index contributed by atoms with van der Waals surface area (Å²) in [6.45, 7) is 9.96. The molecule has 0 amide bonds. The molecule has 1 aromatic carbocycles. The molecule has 4 heteroatoms. The van der Waals surface area contributed by atoms with Crippen LogP contribution in [0.25, 0.3) is 0 Å². The molecule has 0 spiro atoms. The first-order valence-electron chi connectivity index (χ1n) is 8.94. The van der Waals surface area contributed by atoms with Gasteiger partial charge in [0.2, 0.25) is 0 Å². The van der Waals surface area contributed by atoms with Gasteiger partial charge in [-0.25, -0.2) is 0 Å². The summed E-state index contributed by atoms with van der Waals surface area (Å²) in [4.78, 5) is 5.22. The standard InChI is InChI=1S/C19H30N2O2/c1-16(18-6-3-7-19(13-18)22-2)21-8-4-5-17(15-21)14-20-9-11-23-12-10-20/h3,6-7,13,16-17H,4-5,8-12,14-15H2,1-2H3. The summed E-state index contributed by atoms with van der Waals surface area (Å²) < 4.78 is 10.8. The van der Waals surface area contributed by atoms with Crippen LogP contribution in [0.4, 0.5) is 0 Å². The smallest absolute Gasteiger partial charge is 0.119 e. The first kappa shape index (κ1) is 16.7. The molecule has 23 heavy (non-hydrogen) atoms. The Morgan fingerprint density at radius 1 is 1.26 bits per heavy atom. The van der Waals surface area contributed by atoms with E-state index in [0.717, 1.165) is 38.0 Å². The maximum absolute atomic E-state index is 5.46. The molecule has 2 unspecified atom stereocenters. The van der Waals surface area contributed by atoms with Crippen LogP contribution in [0.15, 0.2) is 24.3 Å². The molecule has 2 saturated heterocycles. The lowest BCUT2D eigenvalue weighted by Gasteiger charge is -2.39. The molecular weight excluding hydrogens is 288 g/mol. The summed E-state index contributed by atoms with van der Waals surface area (Å²) in [7, 11) is 1.74. The fourth-order valence-corrected chi connectivity index (χ4v) is 3.86. The minimum Gasteiger partial charge on any atom is -0.497 e. The number of piperidine rings is 1. The van der Waals surface area contributed by atoms with E-state index in [1.54, 1.807) is 7.11 Å². The Morgan fingerprint density at radius 2 is 2.09 bits per heavy atom. The van der Waals surface area contributed by atoms with Gasteiger partial charge >= 0.3 is 0 Å². The SMILES string of the molecule is COc1cccc(C(C)N2CCCC(CN3CCOCC3)C2)c1. The third-order valence-electron chi connectivity index (χ3n) is 5.29. The van der Waals surface area contributed by atoms with E-state index >= 15 is 0 Å². The molecule has 0 N–H and O–H groups in total. The van der Waals surface area contributed by atoms with Crippen LogP contribution < -0.4 is 4.74 Å². The molecule has 2 aliphatic rings. The highest BCUT2D eigenvalue weighted by Crippen LogP contribution is 2.28. The zero-order chi connectivity index (χ0) is 16.1. The van der Waals surface area contributed by atoms with Crippen molar-refractivity contribution in [1.82, 2.24) is 9.80 Å². The van der Waals surface area contributed by atoms with E-state index in [4.69, 9.17) is 9.47 Å². The van der Waals surface area contributed by atoms with Gasteiger partial charge in [0.1, 0.15) is 5.75 Å². The van der Waals surface area contributed by atoms with Crippen molar-refractivity contribution < 1.29 is 9.47 Å². The number of nitrogens with zero attached hydrogens (tertiary/aromatic N) is 2. The van der Waals surface area contributed by atoms with Gasteiger partial charge in [0.15, 0.2) is 0 Å². The molecule has 128 valence electrons. The summed E-state index contributed by atoms with van der Waals surface area (Å²) >= 11 is 0. The normalized spacial score (nSPS) is 25.2. The molecule has 0 aromatic heterocycles. The zero-order valence-electron chi connectivity index (χ0n) is 14.5. The Morgan fingerprint density at radius 3 is 2.87 bits per heavy atom. The Balaban J connectivity index is 1.58. The number of ether oxygens (including phenoxy) is 2. The summed E-state index contributed by atoms with van der Waals surface area (Å²) in [6.07, 6.45) is 2.67. The molecule has 0 radical (unpaired) electrons. The number of morpholine rings is 1. The molecule has 0 aliphatic carbocycles. The fourth-order valence-electron chi connectivity index (χ4n) is 3.86. The minimum atomic E-state index is 0.456. The number of rotatable bonds is 5. The molecule has 2 heterocycles. The second-order valence-electron chi connectivity index (χ2n) is 6.87. The molecule has 1 aromatic rings. The van der Waals surface area contributed by atoms with Crippen molar-refractivity contribution in [2.75, 3.05) is 53.0 Å². The quantitative estimate of drug-likeness (QED) is 0.833. The van der Waals surface area contributed by atoms with Crippen LogP contribution in [0.2, 0.25) is 0 Å². The predicted octanol–water partition coefficient (Wildman–Crippen LogP) is 2.80. The van der Waals surface area contributed by atoms with Crippen molar-refractivity contribution in [3.8, 4) is 5.75 Å². The Bertz CT molecular complexity index is 488. The first-order chi connectivity index (χ1) is 11.3. The maximum Gasteiger partial charge on any atom is 0.119 e. The van der Waals surface area contributed by atoms with Crippen molar-refractivity contribution >= 4 is 0 Å². The van der Waals surface area contributed by atoms with Crippen LogP contribution in [-0.4, -0.2) is 62.8 Å². The second kappa shape index (κ2) is 8.13. The lowest BCUT2D eigenvalue weighted by Crippen LogP contribution is -2.45. The van der Waals surface area contributed by atoms with Crippen LogP contribution in [0, 0.1) is 5.92 Å². The highest BCUT2D eigenvalue weighted by atomic mass is 16.5. The van der Waals surface area contributed by atoms with Crippen LogP contribution in [0.1, 0.15) is 31.4 Å². The van der Waals surface area contributed by atoms with E-state index in [-0.39, 0.29) is 0 Å². The molecule has 3 rings (SSSR count). The number of hydrogen-bond donors (Lipinski definition) is 0.